The van der Waals surface area contributed by atoms with Crippen LogP contribution in [0.3, 0.4) is 0 Å². The molecule has 2 atom stereocenters. The Morgan fingerprint density at radius 2 is 1.95 bits per heavy atom. The summed E-state index contributed by atoms with van der Waals surface area (Å²) in [4.78, 5) is 43.1. The van der Waals surface area contributed by atoms with E-state index in [4.69, 9.17) is 14.2 Å². The van der Waals surface area contributed by atoms with Crippen LogP contribution < -0.4 is 25.7 Å². The Morgan fingerprint density at radius 3 is 2.67 bits per heavy atom. The van der Waals surface area contributed by atoms with Crippen molar-refractivity contribution in [1.29, 1.82) is 0 Å². The van der Waals surface area contributed by atoms with E-state index in [0.717, 1.165) is 18.9 Å². The summed E-state index contributed by atoms with van der Waals surface area (Å²) in [6.07, 6.45) is 2.21. The summed E-state index contributed by atoms with van der Waals surface area (Å²) < 4.78 is 44.7. The molecule has 1 aliphatic heterocycles. The molecule has 1 fully saturated rings. The van der Waals surface area contributed by atoms with Crippen molar-refractivity contribution in [1.82, 2.24) is 20.6 Å². The smallest absolute Gasteiger partial charge is 0.287 e. The number of ether oxygens (including phenoxy) is 3. The molecule has 3 N–H and O–H groups in total. The van der Waals surface area contributed by atoms with E-state index in [1.54, 1.807) is 0 Å². The Bertz CT molecular complexity index is 1410. The molecule has 1 aromatic heterocycles. The molecule has 0 radical (unpaired) electrons. The van der Waals surface area contributed by atoms with Crippen molar-refractivity contribution in [2.24, 2.45) is 5.92 Å². The number of aromatic amines is 1. The summed E-state index contributed by atoms with van der Waals surface area (Å²) in [5.41, 5.74) is -0.0374. The van der Waals surface area contributed by atoms with Crippen LogP contribution in [0.2, 0.25) is 0 Å². The number of amides is 2. The number of nitrogens with zero attached hydrogens (tertiary/aromatic N) is 1. The SMILES string of the molecule is COc1cc(CNC(=O)c2nc3ccc(F)c(OCCC4CCC(CNC(C)=O)OC4)c3c(=O)[nH]2)ccc1F. The van der Waals surface area contributed by atoms with Crippen LogP contribution in [0.5, 0.6) is 11.5 Å². The van der Waals surface area contributed by atoms with Gasteiger partial charge in [0.1, 0.15) is 5.39 Å². The largest absolute Gasteiger partial charge is 0.494 e. The average molecular weight is 545 g/mol. The van der Waals surface area contributed by atoms with Gasteiger partial charge in [0, 0.05) is 26.6 Å². The highest BCUT2D eigenvalue weighted by molar-refractivity contribution is 5.93. The minimum absolute atomic E-state index is 0.0314. The van der Waals surface area contributed by atoms with Crippen molar-refractivity contribution < 1.29 is 32.6 Å². The quantitative estimate of drug-likeness (QED) is 0.358. The van der Waals surface area contributed by atoms with Gasteiger partial charge >= 0.3 is 0 Å². The molecule has 2 amide bonds. The average Bonchev–Trinajstić information content (AvgIpc) is 2.93. The third-order valence-corrected chi connectivity index (χ3v) is 6.48. The van der Waals surface area contributed by atoms with Gasteiger partial charge in [0.25, 0.3) is 11.5 Å². The lowest BCUT2D eigenvalue weighted by Gasteiger charge is -2.29. The van der Waals surface area contributed by atoms with Crippen molar-refractivity contribution >= 4 is 22.7 Å². The molecule has 2 heterocycles. The third kappa shape index (κ3) is 7.08. The van der Waals surface area contributed by atoms with Crippen molar-refractivity contribution in [2.45, 2.75) is 38.8 Å². The van der Waals surface area contributed by atoms with E-state index in [2.05, 4.69) is 20.6 Å². The standard InChI is InChI=1S/C27H30F2N4O6/c1-15(34)30-13-18-5-3-16(14-39-18)9-10-38-24-20(29)7-8-21-23(24)26(35)33-25(32-21)27(36)31-12-17-4-6-19(28)22(11-17)37-2/h4,6-8,11,16,18H,3,5,9-10,12-14H2,1-2H3,(H,30,34)(H,31,36)(H,32,33,35). The maximum atomic E-state index is 14.6. The van der Waals surface area contributed by atoms with Gasteiger partial charge in [0.2, 0.25) is 5.91 Å². The van der Waals surface area contributed by atoms with Gasteiger partial charge in [0.15, 0.2) is 29.0 Å². The first-order valence-electron chi connectivity index (χ1n) is 12.6. The Balaban J connectivity index is 1.38. The second-order valence-corrected chi connectivity index (χ2v) is 9.31. The van der Waals surface area contributed by atoms with Gasteiger partial charge < -0.3 is 29.8 Å². The van der Waals surface area contributed by atoms with E-state index < -0.39 is 23.1 Å². The number of carbonyl (C=O) groups is 2. The first-order chi connectivity index (χ1) is 18.7. The van der Waals surface area contributed by atoms with Crippen LogP contribution in [-0.2, 0) is 16.1 Å². The number of methoxy groups -OCH3 is 1. The van der Waals surface area contributed by atoms with E-state index in [1.165, 1.54) is 38.3 Å². The molecule has 1 saturated heterocycles. The van der Waals surface area contributed by atoms with Crippen molar-refractivity contribution in [3.8, 4) is 11.5 Å². The first-order valence-corrected chi connectivity index (χ1v) is 12.6. The highest BCUT2D eigenvalue weighted by Gasteiger charge is 2.23. The fourth-order valence-corrected chi connectivity index (χ4v) is 4.34. The van der Waals surface area contributed by atoms with E-state index in [0.29, 0.717) is 25.1 Å². The zero-order valence-electron chi connectivity index (χ0n) is 21.6. The molecule has 0 saturated carbocycles. The number of hydrogen-bond donors (Lipinski definition) is 3. The minimum Gasteiger partial charge on any atom is -0.494 e. The Hall–Kier alpha value is -4.06. The molecule has 4 rings (SSSR count). The van der Waals surface area contributed by atoms with Crippen LogP contribution in [0.15, 0.2) is 35.1 Å². The number of nitrogens with one attached hydrogen (secondary N) is 3. The molecule has 0 bridgehead atoms. The molecule has 2 aromatic carbocycles. The molecule has 0 aliphatic carbocycles. The Morgan fingerprint density at radius 1 is 1.15 bits per heavy atom. The zero-order valence-corrected chi connectivity index (χ0v) is 21.6. The Labute approximate surface area is 223 Å². The fraction of sp³-hybridized carbons (Fsp3) is 0.407. The van der Waals surface area contributed by atoms with Crippen LogP contribution in [-0.4, -0.2) is 54.8 Å². The molecule has 208 valence electrons. The number of carbonyl (C=O) groups excluding carboxylic acids is 2. The summed E-state index contributed by atoms with van der Waals surface area (Å²) in [7, 11) is 1.34. The van der Waals surface area contributed by atoms with Gasteiger partial charge in [-0.3, -0.25) is 14.4 Å². The van der Waals surface area contributed by atoms with Gasteiger partial charge in [-0.1, -0.05) is 6.07 Å². The van der Waals surface area contributed by atoms with Crippen molar-refractivity contribution in [3.63, 3.8) is 0 Å². The van der Waals surface area contributed by atoms with E-state index in [9.17, 15) is 23.2 Å². The number of H-pyrrole nitrogens is 1. The van der Waals surface area contributed by atoms with Crippen LogP contribution >= 0.6 is 0 Å². The van der Waals surface area contributed by atoms with E-state index >= 15 is 0 Å². The molecule has 3 aromatic rings. The summed E-state index contributed by atoms with van der Waals surface area (Å²) in [6, 6.07) is 6.59. The predicted molar refractivity (Wildman–Crippen MR) is 138 cm³/mol. The summed E-state index contributed by atoms with van der Waals surface area (Å²) >= 11 is 0. The minimum atomic E-state index is -0.718. The Kier molecular flexibility index (Phi) is 9.07. The zero-order chi connectivity index (χ0) is 27.9. The van der Waals surface area contributed by atoms with Gasteiger partial charge in [-0.25, -0.2) is 13.8 Å². The lowest BCUT2D eigenvalue weighted by atomic mass is 9.95. The van der Waals surface area contributed by atoms with Crippen molar-refractivity contribution in [2.75, 3.05) is 26.9 Å². The second kappa shape index (κ2) is 12.7. The number of rotatable bonds is 10. The molecular formula is C27H30F2N4O6. The highest BCUT2D eigenvalue weighted by Crippen LogP contribution is 2.27. The van der Waals surface area contributed by atoms with Crippen LogP contribution in [0.1, 0.15) is 42.4 Å². The van der Waals surface area contributed by atoms with Crippen LogP contribution in [0, 0.1) is 17.6 Å². The molecule has 39 heavy (non-hydrogen) atoms. The lowest BCUT2D eigenvalue weighted by molar-refractivity contribution is -0.120. The second-order valence-electron chi connectivity index (χ2n) is 9.31. The van der Waals surface area contributed by atoms with Crippen LogP contribution in [0.4, 0.5) is 8.78 Å². The monoisotopic (exact) mass is 544 g/mol. The summed E-state index contributed by atoms with van der Waals surface area (Å²) in [5, 5.41) is 5.25. The summed E-state index contributed by atoms with van der Waals surface area (Å²) in [6.45, 7) is 2.62. The van der Waals surface area contributed by atoms with Gasteiger partial charge in [0.05, 0.1) is 25.3 Å². The first kappa shape index (κ1) is 28.0. The number of hydrogen-bond acceptors (Lipinski definition) is 7. The molecule has 2 unspecified atom stereocenters. The number of fused-ring (bicyclic) bond motifs is 1. The third-order valence-electron chi connectivity index (χ3n) is 6.48. The predicted octanol–water partition coefficient (Wildman–Crippen LogP) is 2.84. The summed E-state index contributed by atoms with van der Waals surface area (Å²) in [5.74, 6) is -2.27. The molecule has 12 heteroatoms. The molecule has 0 spiro atoms. The molecule has 10 nitrogen and oxygen atoms in total. The topological polar surface area (TPSA) is 132 Å². The maximum absolute atomic E-state index is 14.6. The molecular weight excluding hydrogens is 514 g/mol. The van der Waals surface area contributed by atoms with Gasteiger partial charge in [-0.05, 0) is 55.0 Å². The van der Waals surface area contributed by atoms with Gasteiger partial charge in [-0.2, -0.15) is 0 Å². The van der Waals surface area contributed by atoms with Gasteiger partial charge in [-0.15, -0.1) is 0 Å². The lowest BCUT2D eigenvalue weighted by Crippen LogP contribution is -2.36. The van der Waals surface area contributed by atoms with Crippen molar-refractivity contribution in [3.05, 3.63) is 63.7 Å². The molecule has 1 aliphatic rings. The fourth-order valence-electron chi connectivity index (χ4n) is 4.34. The maximum Gasteiger partial charge on any atom is 0.287 e. The normalized spacial score (nSPS) is 17.0. The number of aromatic nitrogens is 2. The number of benzene rings is 2. The highest BCUT2D eigenvalue weighted by atomic mass is 19.1. The van der Waals surface area contributed by atoms with Crippen LogP contribution in [0.25, 0.3) is 10.9 Å². The van der Waals surface area contributed by atoms with E-state index in [1.807, 2.05) is 0 Å². The van der Waals surface area contributed by atoms with E-state index in [-0.39, 0.29) is 59.3 Å². The number of halogens is 2.